The molecular weight excluding hydrogens is 314 g/mol. The number of halogens is 1. The summed E-state index contributed by atoms with van der Waals surface area (Å²) in [5.74, 6) is 0. The first kappa shape index (κ1) is 15.4. The predicted molar refractivity (Wildman–Crippen MR) is 88.9 cm³/mol. The van der Waals surface area contributed by atoms with E-state index in [1.165, 1.54) is 10.9 Å². The van der Waals surface area contributed by atoms with Crippen molar-refractivity contribution < 1.29 is 0 Å². The molecule has 2 rings (SSSR count). The van der Waals surface area contributed by atoms with Crippen molar-refractivity contribution in [1.82, 2.24) is 15.2 Å². The molecule has 0 saturated carbocycles. The summed E-state index contributed by atoms with van der Waals surface area (Å²) in [6.07, 6.45) is 1.86. The molecule has 0 amide bonds. The lowest BCUT2D eigenvalue weighted by atomic mass is 10.1. The molecule has 1 aromatic heterocycles. The normalized spacial score (nSPS) is 11.4. The van der Waals surface area contributed by atoms with Gasteiger partial charge in [0.15, 0.2) is 0 Å². The van der Waals surface area contributed by atoms with Crippen molar-refractivity contribution in [2.24, 2.45) is 0 Å². The van der Waals surface area contributed by atoms with Crippen LogP contribution in [0.15, 0.2) is 34.9 Å². The van der Waals surface area contributed by atoms with Gasteiger partial charge in [-0.05, 0) is 30.8 Å². The van der Waals surface area contributed by atoms with Gasteiger partial charge in [0.25, 0.3) is 0 Å². The molecule has 0 bridgehead atoms. The van der Waals surface area contributed by atoms with Crippen LogP contribution in [0, 0.1) is 0 Å². The molecule has 1 N–H and O–H groups in total. The number of nitrogens with one attached hydrogen (secondary N) is 1. The third-order valence-electron chi connectivity index (χ3n) is 3.61. The van der Waals surface area contributed by atoms with Gasteiger partial charge in [-0.1, -0.05) is 41.9 Å². The first-order valence-electron chi connectivity index (χ1n) is 7.21. The number of rotatable bonds is 7. The number of hydrogen-bond acceptors (Lipinski definition) is 3. The summed E-state index contributed by atoms with van der Waals surface area (Å²) in [5, 5.41) is 4.69. The molecule has 4 heteroatoms. The highest BCUT2D eigenvalue weighted by Crippen LogP contribution is 2.24. The van der Waals surface area contributed by atoms with Crippen molar-refractivity contribution in [3.8, 4) is 0 Å². The molecular formula is C16H22BrN3. The molecule has 0 aliphatic rings. The van der Waals surface area contributed by atoms with Gasteiger partial charge in [0.2, 0.25) is 0 Å². The van der Waals surface area contributed by atoms with Crippen molar-refractivity contribution in [2.45, 2.75) is 20.4 Å². The number of aromatic nitrogens is 1. The minimum Gasteiger partial charge on any atom is -0.311 e. The van der Waals surface area contributed by atoms with Gasteiger partial charge in [0.05, 0.1) is 5.52 Å². The van der Waals surface area contributed by atoms with Gasteiger partial charge >= 0.3 is 0 Å². The standard InChI is InChI=1S/C16H22BrN3/c1-3-20(4-2)11-10-18-12-13-7-8-15(17)14-6-5-9-19-16(13)14/h5-9,18H,3-4,10-12H2,1-2H3. The number of nitrogens with zero attached hydrogens (tertiary/aromatic N) is 2. The molecule has 0 fully saturated rings. The van der Waals surface area contributed by atoms with Crippen LogP contribution < -0.4 is 5.32 Å². The maximum absolute atomic E-state index is 4.51. The van der Waals surface area contributed by atoms with Gasteiger partial charge in [-0.25, -0.2) is 0 Å². The number of benzene rings is 1. The largest absolute Gasteiger partial charge is 0.311 e. The second kappa shape index (κ2) is 7.72. The number of pyridine rings is 1. The Hall–Kier alpha value is -0.970. The summed E-state index contributed by atoms with van der Waals surface area (Å²) >= 11 is 3.58. The molecule has 3 nitrogen and oxygen atoms in total. The van der Waals surface area contributed by atoms with Crippen molar-refractivity contribution in [1.29, 1.82) is 0 Å². The fourth-order valence-corrected chi connectivity index (χ4v) is 2.79. The van der Waals surface area contributed by atoms with E-state index in [0.717, 1.165) is 42.7 Å². The van der Waals surface area contributed by atoms with Crippen LogP contribution in [-0.2, 0) is 6.54 Å². The highest BCUT2D eigenvalue weighted by molar-refractivity contribution is 9.10. The smallest absolute Gasteiger partial charge is 0.0758 e. The van der Waals surface area contributed by atoms with Crippen LogP contribution in [0.4, 0.5) is 0 Å². The summed E-state index contributed by atoms with van der Waals surface area (Å²) in [6.45, 7) is 9.59. The second-order valence-corrected chi connectivity index (χ2v) is 5.66. The molecule has 0 radical (unpaired) electrons. The molecule has 0 atom stereocenters. The van der Waals surface area contributed by atoms with Gasteiger partial charge in [-0.2, -0.15) is 0 Å². The topological polar surface area (TPSA) is 28.2 Å². The predicted octanol–water partition coefficient (Wildman–Crippen LogP) is 3.43. The number of fused-ring (bicyclic) bond motifs is 1. The Kier molecular flexibility index (Phi) is 5.95. The lowest BCUT2D eigenvalue weighted by molar-refractivity contribution is 0.302. The number of likely N-dealkylation sites (N-methyl/N-ethyl adjacent to an activating group) is 1. The summed E-state index contributed by atoms with van der Waals surface area (Å²) in [5.41, 5.74) is 2.33. The van der Waals surface area contributed by atoms with Crippen LogP contribution in [0.25, 0.3) is 10.9 Å². The minimum atomic E-state index is 0.863. The maximum Gasteiger partial charge on any atom is 0.0758 e. The van der Waals surface area contributed by atoms with Crippen molar-refractivity contribution in [3.63, 3.8) is 0 Å². The molecule has 1 aromatic carbocycles. The molecule has 0 saturated heterocycles. The summed E-state index contributed by atoms with van der Waals surface area (Å²) < 4.78 is 1.10. The van der Waals surface area contributed by atoms with Crippen molar-refractivity contribution in [3.05, 3.63) is 40.5 Å². The van der Waals surface area contributed by atoms with Crippen LogP contribution in [0.3, 0.4) is 0 Å². The fourth-order valence-electron chi connectivity index (χ4n) is 2.34. The average Bonchev–Trinajstić information content (AvgIpc) is 2.50. The van der Waals surface area contributed by atoms with E-state index in [-0.39, 0.29) is 0 Å². The zero-order chi connectivity index (χ0) is 14.4. The van der Waals surface area contributed by atoms with Gasteiger partial charge < -0.3 is 10.2 Å². The Morgan fingerprint density at radius 1 is 1.20 bits per heavy atom. The molecule has 0 aliphatic heterocycles. The molecule has 0 unspecified atom stereocenters. The first-order valence-corrected chi connectivity index (χ1v) is 8.00. The summed E-state index contributed by atoms with van der Waals surface area (Å²) in [7, 11) is 0. The van der Waals surface area contributed by atoms with E-state index in [1.54, 1.807) is 0 Å². The quantitative estimate of drug-likeness (QED) is 0.785. The van der Waals surface area contributed by atoms with E-state index < -0.39 is 0 Å². The van der Waals surface area contributed by atoms with Gasteiger partial charge in [-0.15, -0.1) is 0 Å². The van der Waals surface area contributed by atoms with E-state index in [1.807, 2.05) is 12.3 Å². The van der Waals surface area contributed by atoms with E-state index >= 15 is 0 Å². The Morgan fingerprint density at radius 2 is 2.00 bits per heavy atom. The lowest BCUT2D eigenvalue weighted by Crippen LogP contribution is -2.31. The molecule has 0 spiro atoms. The van der Waals surface area contributed by atoms with E-state index in [2.05, 4.69) is 63.2 Å². The first-order chi connectivity index (χ1) is 9.76. The van der Waals surface area contributed by atoms with Crippen LogP contribution in [0.1, 0.15) is 19.4 Å². The van der Waals surface area contributed by atoms with E-state index in [0.29, 0.717) is 0 Å². The molecule has 20 heavy (non-hydrogen) atoms. The van der Waals surface area contributed by atoms with Crippen LogP contribution in [0.5, 0.6) is 0 Å². The zero-order valence-corrected chi connectivity index (χ0v) is 13.8. The molecule has 0 aliphatic carbocycles. The zero-order valence-electron chi connectivity index (χ0n) is 12.2. The van der Waals surface area contributed by atoms with E-state index in [9.17, 15) is 0 Å². The molecule has 1 heterocycles. The van der Waals surface area contributed by atoms with Crippen molar-refractivity contribution >= 4 is 26.8 Å². The highest BCUT2D eigenvalue weighted by atomic mass is 79.9. The Bertz CT molecular complexity index is 552. The molecule has 2 aromatic rings. The number of hydrogen-bond donors (Lipinski definition) is 1. The lowest BCUT2D eigenvalue weighted by Gasteiger charge is -2.18. The van der Waals surface area contributed by atoms with Crippen LogP contribution >= 0.6 is 15.9 Å². The second-order valence-electron chi connectivity index (χ2n) is 4.81. The maximum atomic E-state index is 4.51. The fraction of sp³-hybridized carbons (Fsp3) is 0.438. The monoisotopic (exact) mass is 335 g/mol. The third kappa shape index (κ3) is 3.78. The van der Waals surface area contributed by atoms with Crippen molar-refractivity contribution in [2.75, 3.05) is 26.2 Å². The Balaban J connectivity index is 1.98. The van der Waals surface area contributed by atoms with Crippen LogP contribution in [-0.4, -0.2) is 36.1 Å². The molecule has 108 valence electrons. The minimum absolute atomic E-state index is 0.863. The third-order valence-corrected chi connectivity index (χ3v) is 4.31. The van der Waals surface area contributed by atoms with Gasteiger partial charge in [-0.3, -0.25) is 4.98 Å². The summed E-state index contributed by atoms with van der Waals surface area (Å²) in [4.78, 5) is 6.93. The average molecular weight is 336 g/mol. The Labute approximate surface area is 129 Å². The SMILES string of the molecule is CCN(CC)CCNCc1ccc(Br)c2cccnc12. The summed E-state index contributed by atoms with van der Waals surface area (Å²) in [6, 6.07) is 8.33. The van der Waals surface area contributed by atoms with Gasteiger partial charge in [0, 0.05) is 35.7 Å². The van der Waals surface area contributed by atoms with Gasteiger partial charge in [0.1, 0.15) is 0 Å². The van der Waals surface area contributed by atoms with Crippen LogP contribution in [0.2, 0.25) is 0 Å². The van der Waals surface area contributed by atoms with E-state index in [4.69, 9.17) is 0 Å². The Morgan fingerprint density at radius 3 is 2.75 bits per heavy atom. The highest BCUT2D eigenvalue weighted by Gasteiger charge is 2.05.